The Morgan fingerprint density at radius 3 is 2.39 bits per heavy atom. The number of carbonyl (C=O) groups excluding carboxylic acids is 2. The van der Waals surface area contributed by atoms with Gasteiger partial charge in [-0.05, 0) is 43.3 Å². The number of hydrogen-bond acceptors (Lipinski definition) is 7. The number of morpholine rings is 1. The number of carbonyl (C=O) groups is 2. The number of rotatable bonds is 7. The van der Waals surface area contributed by atoms with Crippen LogP contribution in [0.4, 0.5) is 30.2 Å². The highest BCUT2D eigenvalue weighted by Crippen LogP contribution is 2.29. The molecule has 0 aliphatic carbocycles. The maximum absolute atomic E-state index is 13.1. The number of amides is 2. The van der Waals surface area contributed by atoms with Gasteiger partial charge in [-0.1, -0.05) is 12.1 Å². The fourth-order valence-electron chi connectivity index (χ4n) is 3.88. The summed E-state index contributed by atoms with van der Waals surface area (Å²) in [5.74, 6) is -1.71. The van der Waals surface area contributed by atoms with Crippen LogP contribution in [-0.4, -0.2) is 60.4 Å². The van der Waals surface area contributed by atoms with E-state index in [1.54, 1.807) is 31.2 Å². The predicted octanol–water partition coefficient (Wildman–Crippen LogP) is 4.14. The van der Waals surface area contributed by atoms with Crippen molar-refractivity contribution in [2.75, 3.05) is 42.7 Å². The van der Waals surface area contributed by atoms with Crippen LogP contribution in [-0.2, 0) is 9.53 Å². The van der Waals surface area contributed by atoms with Gasteiger partial charge in [-0.2, -0.15) is 0 Å². The smallest absolute Gasteiger partial charge is 0.406 e. The molecule has 200 valence electrons. The highest BCUT2D eigenvalue weighted by molar-refractivity contribution is 6.10. The van der Waals surface area contributed by atoms with Crippen LogP contribution < -0.4 is 21.1 Å². The number of nitrogens with zero attached hydrogens (tertiary/aromatic N) is 2. The van der Waals surface area contributed by atoms with Gasteiger partial charge in [-0.15, -0.1) is 13.2 Å². The van der Waals surface area contributed by atoms with Gasteiger partial charge in [0.25, 0.3) is 5.91 Å². The zero-order chi connectivity index (χ0) is 27.3. The topological polar surface area (TPSA) is 119 Å². The lowest BCUT2D eigenvalue weighted by molar-refractivity contribution is -0.274. The SMILES string of the molecule is C[C@@H](C(=O)Nc1cc(OC(F)(F)F)ccc1C(=O)Nc1ccc(-c2ccc(N)cc2)nc1)N1CCOCC1. The number of benzene rings is 2. The molecule has 0 radical (unpaired) electrons. The van der Waals surface area contributed by atoms with Gasteiger partial charge in [0.05, 0.1) is 48.1 Å². The number of aromatic nitrogens is 1. The number of nitrogens with two attached hydrogens (primary N) is 1. The van der Waals surface area contributed by atoms with Crippen molar-refractivity contribution in [3.63, 3.8) is 0 Å². The maximum atomic E-state index is 13.1. The zero-order valence-corrected chi connectivity index (χ0v) is 20.4. The Morgan fingerprint density at radius 1 is 1.05 bits per heavy atom. The normalized spacial score (nSPS) is 14.9. The summed E-state index contributed by atoms with van der Waals surface area (Å²) in [6.07, 6.45) is -3.49. The summed E-state index contributed by atoms with van der Waals surface area (Å²) in [7, 11) is 0. The molecule has 0 saturated carbocycles. The first-order valence-electron chi connectivity index (χ1n) is 11.7. The molecule has 4 rings (SSSR count). The van der Waals surface area contributed by atoms with Crippen molar-refractivity contribution in [3.05, 3.63) is 66.4 Å². The number of nitrogens with one attached hydrogen (secondary N) is 2. The van der Waals surface area contributed by atoms with E-state index in [9.17, 15) is 22.8 Å². The molecule has 1 aliphatic heterocycles. The third kappa shape index (κ3) is 6.99. The quantitative estimate of drug-likeness (QED) is 0.394. The Balaban J connectivity index is 1.53. The molecule has 3 aromatic rings. The van der Waals surface area contributed by atoms with Crippen LogP contribution >= 0.6 is 0 Å². The second kappa shape index (κ2) is 11.5. The third-order valence-electron chi connectivity index (χ3n) is 5.93. The molecule has 1 fully saturated rings. The largest absolute Gasteiger partial charge is 0.573 e. The van der Waals surface area contributed by atoms with Gasteiger partial charge in [-0.25, -0.2) is 0 Å². The first kappa shape index (κ1) is 26.9. The van der Waals surface area contributed by atoms with Gasteiger partial charge in [0, 0.05) is 30.4 Å². The number of halogens is 3. The third-order valence-corrected chi connectivity index (χ3v) is 5.93. The van der Waals surface area contributed by atoms with Crippen molar-refractivity contribution in [3.8, 4) is 17.0 Å². The van der Waals surface area contributed by atoms with E-state index in [2.05, 4.69) is 20.4 Å². The van der Waals surface area contributed by atoms with Crippen LogP contribution in [0.15, 0.2) is 60.8 Å². The summed E-state index contributed by atoms with van der Waals surface area (Å²) in [6.45, 7) is 3.65. The van der Waals surface area contributed by atoms with E-state index in [-0.39, 0.29) is 11.3 Å². The first-order valence-corrected chi connectivity index (χ1v) is 11.7. The first-order chi connectivity index (χ1) is 18.1. The van der Waals surface area contributed by atoms with Crippen molar-refractivity contribution in [1.82, 2.24) is 9.88 Å². The Labute approximate surface area is 216 Å². The molecule has 0 unspecified atom stereocenters. The lowest BCUT2D eigenvalue weighted by atomic mass is 10.1. The molecular weight excluding hydrogens is 503 g/mol. The van der Waals surface area contributed by atoms with Crippen LogP contribution in [0.3, 0.4) is 0 Å². The van der Waals surface area contributed by atoms with Crippen molar-refractivity contribution in [2.45, 2.75) is 19.3 Å². The van der Waals surface area contributed by atoms with Gasteiger partial charge >= 0.3 is 6.36 Å². The van der Waals surface area contributed by atoms with E-state index < -0.39 is 30.0 Å². The molecule has 0 spiro atoms. The van der Waals surface area contributed by atoms with E-state index in [1.165, 1.54) is 6.20 Å². The van der Waals surface area contributed by atoms with Crippen molar-refractivity contribution >= 4 is 28.9 Å². The van der Waals surface area contributed by atoms with Gasteiger partial charge in [0.1, 0.15) is 5.75 Å². The summed E-state index contributed by atoms with van der Waals surface area (Å²) in [5.41, 5.74) is 7.99. The number of pyridine rings is 1. The Kier molecular flexibility index (Phi) is 8.13. The van der Waals surface area contributed by atoms with Gasteiger partial charge in [0.15, 0.2) is 0 Å². The van der Waals surface area contributed by atoms with Crippen molar-refractivity contribution in [1.29, 1.82) is 0 Å². The minimum atomic E-state index is -4.94. The van der Waals surface area contributed by atoms with E-state index in [1.807, 2.05) is 17.0 Å². The van der Waals surface area contributed by atoms with Gasteiger partial charge < -0.3 is 25.8 Å². The number of ether oxygens (including phenoxy) is 2. The minimum Gasteiger partial charge on any atom is -0.406 e. The molecule has 9 nitrogen and oxygen atoms in total. The Hall–Kier alpha value is -4.16. The molecule has 12 heteroatoms. The fraction of sp³-hybridized carbons (Fsp3) is 0.269. The second-order valence-corrected chi connectivity index (χ2v) is 8.58. The van der Waals surface area contributed by atoms with Gasteiger partial charge in [-0.3, -0.25) is 19.5 Å². The number of nitrogen functional groups attached to an aromatic ring is 1. The average Bonchev–Trinajstić information content (AvgIpc) is 2.89. The summed E-state index contributed by atoms with van der Waals surface area (Å²) in [6, 6.07) is 13.0. The molecule has 1 aliphatic rings. The van der Waals surface area contributed by atoms with Crippen LogP contribution in [0.5, 0.6) is 5.75 Å². The second-order valence-electron chi connectivity index (χ2n) is 8.58. The van der Waals surface area contributed by atoms with Gasteiger partial charge in [0.2, 0.25) is 5.91 Å². The molecule has 1 saturated heterocycles. The average molecular weight is 530 g/mol. The highest BCUT2D eigenvalue weighted by Gasteiger charge is 2.32. The van der Waals surface area contributed by atoms with E-state index in [0.29, 0.717) is 43.4 Å². The monoisotopic (exact) mass is 529 g/mol. The molecule has 2 amide bonds. The Bertz CT molecular complexity index is 1280. The highest BCUT2D eigenvalue weighted by atomic mass is 19.4. The molecule has 2 heterocycles. The van der Waals surface area contributed by atoms with Crippen LogP contribution in [0.25, 0.3) is 11.3 Å². The molecule has 1 aromatic heterocycles. The van der Waals surface area contributed by atoms with Crippen LogP contribution in [0.1, 0.15) is 17.3 Å². The summed E-state index contributed by atoms with van der Waals surface area (Å²) < 4.78 is 47.7. The number of hydrogen-bond donors (Lipinski definition) is 3. The lowest BCUT2D eigenvalue weighted by Crippen LogP contribution is -2.47. The summed E-state index contributed by atoms with van der Waals surface area (Å²) >= 11 is 0. The summed E-state index contributed by atoms with van der Waals surface area (Å²) in [4.78, 5) is 32.2. The molecule has 38 heavy (non-hydrogen) atoms. The van der Waals surface area contributed by atoms with E-state index in [0.717, 1.165) is 23.8 Å². The molecule has 0 bridgehead atoms. The lowest BCUT2D eigenvalue weighted by Gasteiger charge is -2.31. The molecular formula is C26H26F3N5O4. The minimum absolute atomic E-state index is 0.0512. The van der Waals surface area contributed by atoms with Crippen molar-refractivity contribution < 1.29 is 32.2 Å². The fourth-order valence-corrected chi connectivity index (χ4v) is 3.88. The van der Waals surface area contributed by atoms with Crippen LogP contribution in [0.2, 0.25) is 0 Å². The van der Waals surface area contributed by atoms with E-state index >= 15 is 0 Å². The van der Waals surface area contributed by atoms with E-state index in [4.69, 9.17) is 10.5 Å². The summed E-state index contributed by atoms with van der Waals surface area (Å²) in [5, 5.41) is 5.24. The molecule has 2 aromatic carbocycles. The molecule has 4 N–H and O–H groups in total. The zero-order valence-electron chi connectivity index (χ0n) is 20.4. The van der Waals surface area contributed by atoms with Crippen molar-refractivity contribution in [2.24, 2.45) is 0 Å². The Morgan fingerprint density at radius 2 is 1.76 bits per heavy atom. The number of alkyl halides is 3. The maximum Gasteiger partial charge on any atom is 0.573 e. The predicted molar refractivity (Wildman–Crippen MR) is 136 cm³/mol. The molecule has 1 atom stereocenters. The number of anilines is 3. The standard InChI is InChI=1S/C26H26F3N5O4/c1-16(34-10-12-37-13-11-34)24(35)33-23-14-20(38-26(27,28)29)7-8-21(23)25(36)32-19-6-9-22(31-15-19)17-2-4-18(30)5-3-17/h2-9,14-16H,10-13,30H2,1H3,(H,32,36)(H,33,35)/t16-/m0/s1. The van der Waals surface area contributed by atoms with Crippen LogP contribution in [0, 0.1) is 0 Å².